The Balaban J connectivity index is 1.85. The maximum Gasteiger partial charge on any atom is 0.306 e. The van der Waals surface area contributed by atoms with Crippen molar-refractivity contribution in [2.75, 3.05) is 13.7 Å². The molecular weight excluding hydrogens is 396 g/mol. The molecule has 0 spiro atoms. The third kappa shape index (κ3) is 4.51. The Morgan fingerprint density at radius 1 is 1.17 bits per heavy atom. The van der Waals surface area contributed by atoms with Crippen molar-refractivity contribution in [3.63, 3.8) is 0 Å². The molecule has 1 aliphatic heterocycles. The van der Waals surface area contributed by atoms with E-state index in [2.05, 4.69) is 15.0 Å². The quantitative estimate of drug-likeness (QED) is 0.586. The summed E-state index contributed by atoms with van der Waals surface area (Å²) >= 11 is 0. The van der Waals surface area contributed by atoms with Gasteiger partial charge in [-0.25, -0.2) is 9.97 Å². The van der Waals surface area contributed by atoms with Crippen LogP contribution in [0.5, 0.6) is 5.88 Å². The van der Waals surface area contributed by atoms with Gasteiger partial charge in [-0.3, -0.25) is 14.2 Å². The molecule has 2 aromatic rings. The molecule has 0 unspecified atom stereocenters. The van der Waals surface area contributed by atoms with Gasteiger partial charge in [0.15, 0.2) is 23.5 Å². The molecule has 2 aromatic heterocycles. The SMILES string of the molecule is CCCC(=O)OC[C@H]1O[C@@H](n2cnc3c(OC)ncnc32)[C@@H](O)[C@@H]1OC(=O)CCC. The summed E-state index contributed by atoms with van der Waals surface area (Å²) in [6.45, 7) is 3.56. The summed E-state index contributed by atoms with van der Waals surface area (Å²) in [4.78, 5) is 36.3. The number of esters is 2. The molecule has 0 saturated carbocycles. The summed E-state index contributed by atoms with van der Waals surface area (Å²) in [5, 5.41) is 10.9. The lowest BCUT2D eigenvalue weighted by Crippen LogP contribution is -2.38. The average Bonchev–Trinajstić information content (AvgIpc) is 3.28. The Bertz CT molecular complexity index is 887. The number of hydrogen-bond donors (Lipinski definition) is 1. The fourth-order valence-electron chi connectivity index (χ4n) is 3.26. The van der Waals surface area contributed by atoms with Crippen LogP contribution in [0.15, 0.2) is 12.7 Å². The van der Waals surface area contributed by atoms with Crippen LogP contribution in [0.2, 0.25) is 0 Å². The van der Waals surface area contributed by atoms with Crippen LogP contribution in [0.25, 0.3) is 11.2 Å². The summed E-state index contributed by atoms with van der Waals surface area (Å²) in [6.07, 6.45) is 0.435. The van der Waals surface area contributed by atoms with E-state index in [1.807, 2.05) is 13.8 Å². The largest absolute Gasteiger partial charge is 0.479 e. The summed E-state index contributed by atoms with van der Waals surface area (Å²) < 4.78 is 23.3. The molecule has 0 aliphatic carbocycles. The van der Waals surface area contributed by atoms with Crippen molar-refractivity contribution in [1.29, 1.82) is 0 Å². The molecular formula is C19H26N4O7. The molecule has 0 aromatic carbocycles. The molecule has 11 nitrogen and oxygen atoms in total. The zero-order valence-corrected chi connectivity index (χ0v) is 17.2. The molecule has 1 N–H and O–H groups in total. The van der Waals surface area contributed by atoms with Crippen LogP contribution < -0.4 is 4.74 Å². The third-order valence-corrected chi connectivity index (χ3v) is 4.69. The molecule has 1 aliphatic rings. The number of aliphatic hydroxyl groups excluding tert-OH is 1. The Morgan fingerprint density at radius 3 is 2.60 bits per heavy atom. The number of aliphatic hydroxyl groups is 1. The molecule has 11 heteroatoms. The number of hydrogen-bond acceptors (Lipinski definition) is 10. The first-order valence-electron chi connectivity index (χ1n) is 9.90. The van der Waals surface area contributed by atoms with Crippen LogP contribution in [0.3, 0.4) is 0 Å². The number of ether oxygens (including phenoxy) is 4. The topological polar surface area (TPSA) is 135 Å². The minimum absolute atomic E-state index is 0.151. The minimum Gasteiger partial charge on any atom is -0.479 e. The van der Waals surface area contributed by atoms with Crippen molar-refractivity contribution < 1.29 is 33.6 Å². The van der Waals surface area contributed by atoms with E-state index in [9.17, 15) is 14.7 Å². The van der Waals surface area contributed by atoms with Crippen molar-refractivity contribution in [1.82, 2.24) is 19.5 Å². The van der Waals surface area contributed by atoms with Gasteiger partial charge in [-0.15, -0.1) is 0 Å². The van der Waals surface area contributed by atoms with Crippen LogP contribution >= 0.6 is 0 Å². The fourth-order valence-corrected chi connectivity index (χ4v) is 3.26. The van der Waals surface area contributed by atoms with Gasteiger partial charge in [-0.05, 0) is 12.8 Å². The number of nitrogens with zero attached hydrogens (tertiary/aromatic N) is 4. The van der Waals surface area contributed by atoms with Crippen LogP contribution in [-0.4, -0.2) is 68.6 Å². The number of fused-ring (bicyclic) bond motifs is 1. The number of aromatic nitrogens is 4. The Kier molecular flexibility index (Phi) is 7.16. The minimum atomic E-state index is -1.22. The lowest BCUT2D eigenvalue weighted by Gasteiger charge is -2.20. The van der Waals surface area contributed by atoms with Gasteiger partial charge in [0, 0.05) is 12.8 Å². The second-order valence-electron chi connectivity index (χ2n) is 6.90. The van der Waals surface area contributed by atoms with E-state index in [-0.39, 0.29) is 31.3 Å². The summed E-state index contributed by atoms with van der Waals surface area (Å²) in [6, 6.07) is 0. The van der Waals surface area contributed by atoms with Gasteiger partial charge in [0.05, 0.1) is 13.4 Å². The van der Waals surface area contributed by atoms with Gasteiger partial charge in [0.25, 0.3) is 0 Å². The Labute approximate surface area is 173 Å². The van der Waals surface area contributed by atoms with Crippen LogP contribution in [0, 0.1) is 0 Å². The second-order valence-corrected chi connectivity index (χ2v) is 6.90. The molecule has 30 heavy (non-hydrogen) atoms. The molecule has 164 valence electrons. The number of carbonyl (C=O) groups is 2. The van der Waals surface area contributed by atoms with Gasteiger partial charge < -0.3 is 24.1 Å². The number of methoxy groups -OCH3 is 1. The maximum atomic E-state index is 12.1. The highest BCUT2D eigenvalue weighted by atomic mass is 16.6. The molecule has 4 atom stereocenters. The van der Waals surface area contributed by atoms with Crippen molar-refractivity contribution in [2.24, 2.45) is 0 Å². The predicted octanol–water partition coefficient (Wildman–Crippen LogP) is 1.15. The highest BCUT2D eigenvalue weighted by Crippen LogP contribution is 2.34. The zero-order chi connectivity index (χ0) is 21.7. The van der Waals surface area contributed by atoms with Crippen molar-refractivity contribution in [3.8, 4) is 5.88 Å². The van der Waals surface area contributed by atoms with Gasteiger partial charge in [0.1, 0.15) is 25.1 Å². The van der Waals surface area contributed by atoms with Gasteiger partial charge >= 0.3 is 11.9 Å². The highest BCUT2D eigenvalue weighted by molar-refractivity contribution is 5.76. The van der Waals surface area contributed by atoms with Gasteiger partial charge in [-0.2, -0.15) is 4.98 Å². The van der Waals surface area contributed by atoms with E-state index in [4.69, 9.17) is 18.9 Å². The molecule has 0 bridgehead atoms. The zero-order valence-electron chi connectivity index (χ0n) is 17.2. The lowest BCUT2D eigenvalue weighted by molar-refractivity contribution is -0.160. The van der Waals surface area contributed by atoms with E-state index in [1.54, 1.807) is 0 Å². The Morgan fingerprint density at radius 2 is 1.90 bits per heavy atom. The number of rotatable bonds is 9. The van der Waals surface area contributed by atoms with E-state index in [1.165, 1.54) is 24.3 Å². The van der Waals surface area contributed by atoms with Crippen LogP contribution in [0.4, 0.5) is 0 Å². The predicted molar refractivity (Wildman–Crippen MR) is 102 cm³/mol. The molecule has 1 saturated heterocycles. The molecule has 3 heterocycles. The first-order chi connectivity index (χ1) is 14.5. The first-order valence-corrected chi connectivity index (χ1v) is 9.90. The van der Waals surface area contributed by atoms with Crippen molar-refractivity contribution in [3.05, 3.63) is 12.7 Å². The second kappa shape index (κ2) is 9.81. The molecule has 3 rings (SSSR count). The molecule has 1 fully saturated rings. The summed E-state index contributed by atoms with van der Waals surface area (Å²) in [7, 11) is 1.46. The van der Waals surface area contributed by atoms with Crippen LogP contribution in [0.1, 0.15) is 45.8 Å². The van der Waals surface area contributed by atoms with E-state index < -0.39 is 30.5 Å². The van der Waals surface area contributed by atoms with Gasteiger partial charge in [0.2, 0.25) is 5.88 Å². The summed E-state index contributed by atoms with van der Waals surface area (Å²) in [5.74, 6) is -0.569. The Hall–Kier alpha value is -2.79. The standard InChI is InChI=1S/C19H26N4O7/c1-4-6-12(24)28-8-11-16(30-13(25)7-5-2)15(26)19(29-11)23-10-22-14-17(23)20-9-21-18(14)27-3/h9-11,15-16,19,26H,4-8H2,1-3H3/t11-,15+,16-,19-/m1/s1. The highest BCUT2D eigenvalue weighted by Gasteiger charge is 2.48. The summed E-state index contributed by atoms with van der Waals surface area (Å²) in [5.41, 5.74) is 0.779. The third-order valence-electron chi connectivity index (χ3n) is 4.69. The van der Waals surface area contributed by atoms with E-state index in [0.717, 1.165) is 0 Å². The van der Waals surface area contributed by atoms with Crippen molar-refractivity contribution in [2.45, 2.75) is 64.1 Å². The van der Waals surface area contributed by atoms with E-state index in [0.29, 0.717) is 24.0 Å². The lowest BCUT2D eigenvalue weighted by atomic mass is 10.1. The fraction of sp³-hybridized carbons (Fsp3) is 0.632. The average molecular weight is 422 g/mol. The van der Waals surface area contributed by atoms with Gasteiger partial charge in [-0.1, -0.05) is 13.8 Å². The number of imidazole rings is 1. The van der Waals surface area contributed by atoms with E-state index >= 15 is 0 Å². The van der Waals surface area contributed by atoms with Crippen molar-refractivity contribution >= 4 is 23.1 Å². The maximum absolute atomic E-state index is 12.1. The first kappa shape index (κ1) is 21.9. The molecule has 0 amide bonds. The normalized spacial score (nSPS) is 23.5. The number of carbonyl (C=O) groups excluding carboxylic acids is 2. The smallest absolute Gasteiger partial charge is 0.306 e. The van der Waals surface area contributed by atoms with Crippen LogP contribution in [-0.2, 0) is 23.8 Å². The molecule has 0 radical (unpaired) electrons. The monoisotopic (exact) mass is 422 g/mol.